The van der Waals surface area contributed by atoms with Crippen LogP contribution in [0.3, 0.4) is 0 Å². The summed E-state index contributed by atoms with van der Waals surface area (Å²) in [6.45, 7) is 2.51. The predicted molar refractivity (Wildman–Crippen MR) is 143 cm³/mol. The molecule has 0 spiro atoms. The molecular formula is C26H26ClN3O4S. The fourth-order valence-electron chi connectivity index (χ4n) is 3.08. The average molecular weight is 512 g/mol. The van der Waals surface area contributed by atoms with E-state index in [1.807, 2.05) is 37.3 Å². The van der Waals surface area contributed by atoms with E-state index in [1.54, 1.807) is 42.5 Å². The molecular weight excluding hydrogens is 486 g/mol. The molecule has 0 aliphatic rings. The molecule has 3 aromatic carbocycles. The zero-order valence-corrected chi connectivity index (χ0v) is 20.7. The van der Waals surface area contributed by atoms with Crippen LogP contribution >= 0.6 is 23.8 Å². The third-order valence-electron chi connectivity index (χ3n) is 4.69. The second-order valence-corrected chi connectivity index (χ2v) is 8.22. The van der Waals surface area contributed by atoms with Crippen molar-refractivity contribution in [3.05, 3.63) is 83.4 Å². The van der Waals surface area contributed by atoms with Crippen LogP contribution in [0.4, 0.5) is 11.4 Å². The number of hydrogen-bond donors (Lipinski definition) is 3. The Morgan fingerprint density at radius 1 is 0.914 bits per heavy atom. The molecule has 9 heteroatoms. The molecule has 2 amide bonds. The van der Waals surface area contributed by atoms with Gasteiger partial charge >= 0.3 is 0 Å². The lowest BCUT2D eigenvalue weighted by atomic mass is 10.2. The summed E-state index contributed by atoms with van der Waals surface area (Å²) in [6.07, 6.45) is 1.16. The Morgan fingerprint density at radius 2 is 1.63 bits per heavy atom. The van der Waals surface area contributed by atoms with Crippen LogP contribution in [0.5, 0.6) is 11.5 Å². The Hall–Kier alpha value is -3.62. The van der Waals surface area contributed by atoms with Gasteiger partial charge in [-0.2, -0.15) is 0 Å². The first kappa shape index (κ1) is 26.0. The molecule has 0 heterocycles. The van der Waals surface area contributed by atoms with Gasteiger partial charge in [-0.1, -0.05) is 48.9 Å². The summed E-state index contributed by atoms with van der Waals surface area (Å²) >= 11 is 11.6. The minimum atomic E-state index is -0.439. The van der Waals surface area contributed by atoms with Gasteiger partial charge in [-0.3, -0.25) is 14.9 Å². The number of nitrogens with one attached hydrogen (secondary N) is 3. The number of thiocarbonyl (C=S) groups is 1. The molecule has 0 saturated carbocycles. The summed E-state index contributed by atoms with van der Waals surface area (Å²) < 4.78 is 11.4. The molecule has 0 saturated heterocycles. The van der Waals surface area contributed by atoms with Gasteiger partial charge < -0.3 is 20.1 Å². The number of carbonyl (C=O) groups excluding carboxylic acids is 2. The molecule has 0 unspecified atom stereocenters. The number of para-hydroxylation sites is 2. The van der Waals surface area contributed by atoms with E-state index in [9.17, 15) is 9.59 Å². The van der Waals surface area contributed by atoms with E-state index in [0.717, 1.165) is 12.2 Å². The first-order valence-corrected chi connectivity index (χ1v) is 11.9. The number of benzene rings is 3. The van der Waals surface area contributed by atoms with Crippen LogP contribution in [0.1, 0.15) is 30.1 Å². The molecule has 0 aromatic heterocycles. The lowest BCUT2D eigenvalue weighted by Crippen LogP contribution is -2.34. The quantitative estimate of drug-likeness (QED) is 0.240. The van der Waals surface area contributed by atoms with Crippen LogP contribution in [-0.2, 0) is 4.79 Å². The highest BCUT2D eigenvalue weighted by Crippen LogP contribution is 2.26. The molecule has 3 rings (SSSR count). The Kier molecular flexibility index (Phi) is 9.89. The third kappa shape index (κ3) is 8.27. The van der Waals surface area contributed by atoms with E-state index in [-0.39, 0.29) is 17.6 Å². The van der Waals surface area contributed by atoms with Gasteiger partial charge in [0.1, 0.15) is 24.7 Å². The van der Waals surface area contributed by atoms with Crippen LogP contribution in [0.15, 0.2) is 72.8 Å². The number of halogens is 1. The lowest BCUT2D eigenvalue weighted by molar-refractivity contribution is -0.116. The number of carbonyl (C=O) groups is 2. The van der Waals surface area contributed by atoms with Gasteiger partial charge in [0.2, 0.25) is 5.91 Å². The van der Waals surface area contributed by atoms with Crippen molar-refractivity contribution in [3.63, 3.8) is 0 Å². The molecule has 3 N–H and O–H groups in total. The van der Waals surface area contributed by atoms with Crippen LogP contribution in [0.2, 0.25) is 5.02 Å². The topological polar surface area (TPSA) is 88.7 Å². The Morgan fingerprint density at radius 3 is 2.40 bits per heavy atom. The minimum absolute atomic E-state index is 0.0520. The maximum absolute atomic E-state index is 12.8. The number of rotatable bonds is 10. The van der Waals surface area contributed by atoms with E-state index in [2.05, 4.69) is 16.0 Å². The molecule has 0 atom stereocenters. The van der Waals surface area contributed by atoms with Crippen molar-refractivity contribution in [3.8, 4) is 11.5 Å². The summed E-state index contributed by atoms with van der Waals surface area (Å²) in [7, 11) is 0. The van der Waals surface area contributed by atoms with Crippen molar-refractivity contribution in [1.29, 1.82) is 0 Å². The Labute approximate surface area is 214 Å². The summed E-state index contributed by atoms with van der Waals surface area (Å²) in [5, 5.41) is 8.77. The van der Waals surface area contributed by atoms with Gasteiger partial charge in [-0.15, -0.1) is 0 Å². The van der Waals surface area contributed by atoms with Gasteiger partial charge in [-0.05, 0) is 61.1 Å². The van der Waals surface area contributed by atoms with Crippen LogP contribution < -0.4 is 25.4 Å². The summed E-state index contributed by atoms with van der Waals surface area (Å²) in [5.74, 6) is 0.613. The highest BCUT2D eigenvalue weighted by atomic mass is 35.5. The molecule has 0 aliphatic carbocycles. The van der Waals surface area contributed by atoms with Gasteiger partial charge in [0.15, 0.2) is 5.11 Å². The fraction of sp³-hybridized carbons (Fsp3) is 0.192. The second-order valence-electron chi connectivity index (χ2n) is 7.41. The number of hydrogen-bond acceptors (Lipinski definition) is 5. The molecule has 0 radical (unpaired) electrons. The molecule has 0 fully saturated rings. The summed E-state index contributed by atoms with van der Waals surface area (Å²) in [6, 6.07) is 21.2. The normalized spacial score (nSPS) is 10.2. The lowest BCUT2D eigenvalue weighted by Gasteiger charge is -2.15. The second kappa shape index (κ2) is 13.3. The molecule has 3 aromatic rings. The minimum Gasteiger partial charge on any atom is -0.490 e. The van der Waals surface area contributed by atoms with E-state index in [0.29, 0.717) is 40.7 Å². The summed E-state index contributed by atoms with van der Waals surface area (Å²) in [4.78, 5) is 24.7. The van der Waals surface area contributed by atoms with Gasteiger partial charge in [0.25, 0.3) is 5.91 Å². The van der Waals surface area contributed by atoms with E-state index in [1.165, 1.54) is 0 Å². The molecule has 0 aliphatic heterocycles. The zero-order chi connectivity index (χ0) is 25.0. The van der Waals surface area contributed by atoms with Gasteiger partial charge in [0.05, 0.1) is 16.3 Å². The van der Waals surface area contributed by atoms with Crippen LogP contribution in [0.25, 0.3) is 0 Å². The van der Waals surface area contributed by atoms with Gasteiger partial charge in [0, 0.05) is 12.1 Å². The fourth-order valence-corrected chi connectivity index (χ4v) is 3.45. The zero-order valence-electron chi connectivity index (χ0n) is 19.2. The van der Waals surface area contributed by atoms with E-state index >= 15 is 0 Å². The monoisotopic (exact) mass is 511 g/mol. The first-order chi connectivity index (χ1) is 17.0. The number of anilines is 2. The van der Waals surface area contributed by atoms with Gasteiger partial charge in [-0.25, -0.2) is 0 Å². The van der Waals surface area contributed by atoms with Crippen LogP contribution in [0, 0.1) is 0 Å². The number of ether oxygens (including phenoxy) is 2. The Balaban J connectivity index is 1.57. The van der Waals surface area contributed by atoms with Crippen molar-refractivity contribution in [2.45, 2.75) is 19.8 Å². The number of amides is 2. The maximum atomic E-state index is 12.8. The van der Waals surface area contributed by atoms with Crippen molar-refractivity contribution in [1.82, 2.24) is 5.32 Å². The smallest absolute Gasteiger partial charge is 0.261 e. The maximum Gasteiger partial charge on any atom is 0.261 e. The molecule has 182 valence electrons. The van der Waals surface area contributed by atoms with Crippen molar-refractivity contribution in [2.24, 2.45) is 0 Å². The largest absolute Gasteiger partial charge is 0.490 e. The molecule has 35 heavy (non-hydrogen) atoms. The average Bonchev–Trinajstić information content (AvgIpc) is 2.85. The highest BCUT2D eigenvalue weighted by Gasteiger charge is 2.15. The third-order valence-corrected chi connectivity index (χ3v) is 5.22. The highest BCUT2D eigenvalue weighted by molar-refractivity contribution is 7.80. The van der Waals surface area contributed by atoms with Crippen molar-refractivity contribution in [2.75, 3.05) is 23.8 Å². The van der Waals surface area contributed by atoms with Crippen molar-refractivity contribution >= 4 is 52.1 Å². The first-order valence-electron chi connectivity index (χ1n) is 11.1. The predicted octanol–water partition coefficient (Wildman–Crippen LogP) is 5.66. The van der Waals surface area contributed by atoms with Crippen molar-refractivity contribution < 1.29 is 19.1 Å². The van der Waals surface area contributed by atoms with E-state index in [4.69, 9.17) is 33.3 Å². The van der Waals surface area contributed by atoms with E-state index < -0.39 is 5.91 Å². The molecule has 0 bridgehead atoms. The summed E-state index contributed by atoms with van der Waals surface area (Å²) in [5.41, 5.74) is 1.35. The SMILES string of the molecule is CCCC(=O)Nc1ccc(Cl)c(NC(=S)NC(=O)c2ccccc2OCCOc2ccccc2)c1. The Bertz CT molecular complexity index is 1170. The molecule has 7 nitrogen and oxygen atoms in total. The standard InChI is InChI=1S/C26H26ClN3O4S/c1-2-8-24(31)28-18-13-14-21(27)22(17-18)29-26(35)30-25(32)20-11-6-7-12-23(20)34-16-15-33-19-9-4-3-5-10-19/h3-7,9-14,17H,2,8,15-16H2,1H3,(H,28,31)(H2,29,30,32,35). The van der Waals surface area contributed by atoms with Crippen LogP contribution in [-0.4, -0.2) is 30.1 Å².